The van der Waals surface area contributed by atoms with E-state index in [4.69, 9.17) is 23.2 Å². The average molecular weight is 337 g/mol. The second-order valence-corrected chi connectivity index (χ2v) is 7.45. The Morgan fingerprint density at radius 3 is 2.50 bits per heavy atom. The van der Waals surface area contributed by atoms with Gasteiger partial charge in [-0.05, 0) is 32.0 Å². The molecule has 0 aliphatic heterocycles. The maximum atomic E-state index is 12.7. The molecule has 0 radical (unpaired) electrons. The number of sulfonamides is 1. The molecule has 1 saturated carbocycles. The Hall–Kier alpha value is -0.330. The van der Waals surface area contributed by atoms with Crippen LogP contribution in [0.2, 0.25) is 10.0 Å². The van der Waals surface area contributed by atoms with Gasteiger partial charge in [0.15, 0.2) is 0 Å². The molecule has 1 aliphatic rings. The number of halogens is 2. The first kappa shape index (κ1) is 16.0. The summed E-state index contributed by atoms with van der Waals surface area (Å²) in [6.07, 6.45) is 1.84. The first-order valence-corrected chi connectivity index (χ1v) is 8.76. The maximum absolute atomic E-state index is 12.7. The lowest BCUT2D eigenvalue weighted by Gasteiger charge is -2.21. The lowest BCUT2D eigenvalue weighted by molar-refractivity contribution is 0.421. The van der Waals surface area contributed by atoms with Crippen LogP contribution >= 0.6 is 23.2 Å². The second-order valence-electron chi connectivity index (χ2n) is 4.81. The van der Waals surface area contributed by atoms with Gasteiger partial charge in [-0.1, -0.05) is 30.1 Å². The number of hydrogen-bond acceptors (Lipinski definition) is 3. The quantitative estimate of drug-likeness (QED) is 0.868. The highest BCUT2D eigenvalue weighted by molar-refractivity contribution is 7.89. The average Bonchev–Trinajstić information content (AvgIpc) is 3.19. The van der Waals surface area contributed by atoms with Crippen LogP contribution in [0.5, 0.6) is 0 Å². The van der Waals surface area contributed by atoms with Gasteiger partial charge in [-0.3, -0.25) is 0 Å². The van der Waals surface area contributed by atoms with Gasteiger partial charge in [-0.2, -0.15) is 4.31 Å². The van der Waals surface area contributed by atoms with Crippen LogP contribution in [-0.4, -0.2) is 32.4 Å². The van der Waals surface area contributed by atoms with Crippen molar-refractivity contribution in [2.75, 3.05) is 13.6 Å². The Kier molecular flexibility index (Phi) is 4.97. The Labute approximate surface area is 130 Å². The first-order valence-electron chi connectivity index (χ1n) is 6.56. The van der Waals surface area contributed by atoms with Crippen LogP contribution in [-0.2, 0) is 16.6 Å². The molecule has 4 nitrogen and oxygen atoms in total. The van der Waals surface area contributed by atoms with E-state index < -0.39 is 10.0 Å². The van der Waals surface area contributed by atoms with E-state index in [-0.39, 0.29) is 16.0 Å². The van der Waals surface area contributed by atoms with Crippen molar-refractivity contribution in [3.63, 3.8) is 0 Å². The van der Waals surface area contributed by atoms with Crippen LogP contribution < -0.4 is 5.32 Å². The summed E-state index contributed by atoms with van der Waals surface area (Å²) >= 11 is 12.4. The first-order chi connectivity index (χ1) is 9.43. The number of benzene rings is 1. The molecule has 0 spiro atoms. The number of hydrogen-bond donors (Lipinski definition) is 1. The Bertz CT molecular complexity index is 601. The molecule has 0 saturated heterocycles. The molecule has 0 aromatic heterocycles. The van der Waals surface area contributed by atoms with Crippen molar-refractivity contribution in [1.82, 2.24) is 9.62 Å². The fraction of sp³-hybridized carbons (Fsp3) is 0.538. The molecule has 112 valence electrons. The summed E-state index contributed by atoms with van der Waals surface area (Å²) in [6.45, 7) is 2.72. The largest absolute Gasteiger partial charge is 0.316 e. The molecule has 1 aliphatic carbocycles. The third kappa shape index (κ3) is 2.97. The predicted molar refractivity (Wildman–Crippen MR) is 81.8 cm³/mol. The van der Waals surface area contributed by atoms with Crippen molar-refractivity contribution < 1.29 is 8.42 Å². The summed E-state index contributed by atoms with van der Waals surface area (Å²) in [4.78, 5) is 0.141. The van der Waals surface area contributed by atoms with Crippen molar-refractivity contribution in [1.29, 1.82) is 0 Å². The summed E-state index contributed by atoms with van der Waals surface area (Å²) in [7, 11) is -1.80. The molecule has 0 unspecified atom stereocenters. The minimum absolute atomic E-state index is 0.115. The van der Waals surface area contributed by atoms with Gasteiger partial charge in [-0.25, -0.2) is 8.42 Å². The van der Waals surface area contributed by atoms with Gasteiger partial charge in [-0.15, -0.1) is 0 Å². The van der Waals surface area contributed by atoms with Gasteiger partial charge < -0.3 is 5.32 Å². The summed E-state index contributed by atoms with van der Waals surface area (Å²) < 4.78 is 26.9. The highest BCUT2D eigenvalue weighted by atomic mass is 35.5. The lowest BCUT2D eigenvalue weighted by Crippen LogP contribution is -2.33. The van der Waals surface area contributed by atoms with E-state index in [1.165, 1.54) is 10.4 Å². The van der Waals surface area contributed by atoms with Crippen molar-refractivity contribution in [2.45, 2.75) is 37.2 Å². The SMILES string of the molecule is CCN(C1CC1)S(=O)(=O)c1ccc(Cl)c(CNC)c1Cl. The summed E-state index contributed by atoms with van der Waals surface area (Å²) in [5.74, 6) is 0. The number of nitrogens with zero attached hydrogens (tertiary/aromatic N) is 1. The highest BCUT2D eigenvalue weighted by Crippen LogP contribution is 2.36. The fourth-order valence-electron chi connectivity index (χ4n) is 2.23. The van der Waals surface area contributed by atoms with E-state index in [2.05, 4.69) is 5.32 Å². The van der Waals surface area contributed by atoms with E-state index >= 15 is 0 Å². The Morgan fingerprint density at radius 2 is 2.00 bits per heavy atom. The van der Waals surface area contributed by atoms with Crippen molar-refractivity contribution in [2.24, 2.45) is 0 Å². The van der Waals surface area contributed by atoms with Gasteiger partial charge in [0.25, 0.3) is 0 Å². The zero-order chi connectivity index (χ0) is 14.9. The van der Waals surface area contributed by atoms with Crippen LogP contribution in [0.3, 0.4) is 0 Å². The molecule has 0 heterocycles. The summed E-state index contributed by atoms with van der Waals surface area (Å²) in [5.41, 5.74) is 0.615. The van der Waals surface area contributed by atoms with Crippen LogP contribution in [0.1, 0.15) is 25.3 Å². The van der Waals surface area contributed by atoms with Gasteiger partial charge in [0.2, 0.25) is 10.0 Å². The smallest absolute Gasteiger partial charge is 0.244 e. The molecule has 7 heteroatoms. The van der Waals surface area contributed by atoms with E-state index in [9.17, 15) is 8.42 Å². The molecule has 0 atom stereocenters. The van der Waals surface area contributed by atoms with Crippen LogP contribution in [0, 0.1) is 0 Å². The van der Waals surface area contributed by atoms with E-state index in [0.717, 1.165) is 12.8 Å². The summed E-state index contributed by atoms with van der Waals surface area (Å²) in [5, 5.41) is 3.63. The molecule has 1 fully saturated rings. The molecular formula is C13H18Cl2N2O2S. The van der Waals surface area contributed by atoms with Crippen LogP contribution in [0.4, 0.5) is 0 Å². The van der Waals surface area contributed by atoms with Crippen molar-refractivity contribution in [3.05, 3.63) is 27.7 Å². The number of rotatable bonds is 6. The highest BCUT2D eigenvalue weighted by Gasteiger charge is 2.38. The van der Waals surface area contributed by atoms with E-state index in [1.54, 1.807) is 13.1 Å². The monoisotopic (exact) mass is 336 g/mol. The van der Waals surface area contributed by atoms with E-state index in [1.807, 2.05) is 6.92 Å². The minimum atomic E-state index is -3.56. The maximum Gasteiger partial charge on any atom is 0.244 e. The molecule has 0 amide bonds. The van der Waals surface area contributed by atoms with Gasteiger partial charge in [0.05, 0.1) is 5.02 Å². The molecule has 1 N–H and O–H groups in total. The molecule has 0 bridgehead atoms. The topological polar surface area (TPSA) is 49.4 Å². The molecular weight excluding hydrogens is 319 g/mol. The third-order valence-electron chi connectivity index (χ3n) is 3.36. The predicted octanol–water partition coefficient (Wildman–Crippen LogP) is 2.89. The van der Waals surface area contributed by atoms with Crippen LogP contribution in [0.15, 0.2) is 17.0 Å². The van der Waals surface area contributed by atoms with Crippen molar-refractivity contribution >= 4 is 33.2 Å². The van der Waals surface area contributed by atoms with E-state index in [0.29, 0.717) is 23.7 Å². The molecule has 1 aromatic carbocycles. The van der Waals surface area contributed by atoms with Gasteiger partial charge in [0.1, 0.15) is 4.90 Å². The fourth-order valence-corrected chi connectivity index (χ4v) is 4.81. The molecule has 2 rings (SSSR count). The summed E-state index contributed by atoms with van der Waals surface area (Å²) in [6, 6.07) is 3.20. The molecule has 1 aromatic rings. The molecule has 20 heavy (non-hydrogen) atoms. The number of nitrogens with one attached hydrogen (secondary N) is 1. The zero-order valence-electron chi connectivity index (χ0n) is 11.5. The Morgan fingerprint density at radius 1 is 1.35 bits per heavy atom. The van der Waals surface area contributed by atoms with Gasteiger partial charge in [0, 0.05) is 29.7 Å². The third-order valence-corrected chi connectivity index (χ3v) is 6.32. The Balaban J connectivity index is 2.48. The van der Waals surface area contributed by atoms with Crippen LogP contribution in [0.25, 0.3) is 0 Å². The van der Waals surface area contributed by atoms with Gasteiger partial charge >= 0.3 is 0 Å². The normalized spacial score (nSPS) is 15.8. The minimum Gasteiger partial charge on any atom is -0.316 e. The second kappa shape index (κ2) is 6.20. The standard InChI is InChI=1S/C13H18Cl2N2O2S/c1-3-17(9-4-5-9)20(18,19)12-7-6-11(14)10(8-16-2)13(12)15/h6-7,9,16H,3-5,8H2,1-2H3. The zero-order valence-corrected chi connectivity index (χ0v) is 13.8. The lowest BCUT2D eigenvalue weighted by atomic mass is 10.2. The van der Waals surface area contributed by atoms with Crippen molar-refractivity contribution in [3.8, 4) is 0 Å².